The Kier molecular flexibility index (Phi) is 3.46. The predicted octanol–water partition coefficient (Wildman–Crippen LogP) is 4.08. The van der Waals surface area contributed by atoms with Gasteiger partial charge in [-0.15, -0.1) is 0 Å². The summed E-state index contributed by atoms with van der Waals surface area (Å²) in [6, 6.07) is 4.24. The van der Waals surface area contributed by atoms with Crippen molar-refractivity contribution in [3.8, 4) is 0 Å². The summed E-state index contributed by atoms with van der Waals surface area (Å²) in [6.45, 7) is 5.42. The van der Waals surface area contributed by atoms with Gasteiger partial charge in [-0.25, -0.2) is 4.39 Å². The number of halogens is 2. The summed E-state index contributed by atoms with van der Waals surface area (Å²) >= 11 is 5.69. The van der Waals surface area contributed by atoms with E-state index in [1.54, 1.807) is 13.0 Å². The molecule has 1 unspecified atom stereocenters. The summed E-state index contributed by atoms with van der Waals surface area (Å²) in [5.74, 6) is 0.815. The SMILES string of the molecule is Cc1oc(C)c(C(O)c2ccc(Cl)cc2F)c1C. The van der Waals surface area contributed by atoms with Crippen LogP contribution in [-0.2, 0) is 0 Å². The van der Waals surface area contributed by atoms with E-state index in [9.17, 15) is 9.50 Å². The molecule has 96 valence electrons. The Labute approximate surface area is 110 Å². The van der Waals surface area contributed by atoms with Crippen molar-refractivity contribution in [3.63, 3.8) is 0 Å². The minimum Gasteiger partial charge on any atom is -0.466 e. The van der Waals surface area contributed by atoms with E-state index >= 15 is 0 Å². The molecule has 2 rings (SSSR count). The van der Waals surface area contributed by atoms with E-state index in [-0.39, 0.29) is 5.56 Å². The van der Waals surface area contributed by atoms with Crippen molar-refractivity contribution in [1.82, 2.24) is 0 Å². The summed E-state index contributed by atoms with van der Waals surface area (Å²) < 4.78 is 19.2. The summed E-state index contributed by atoms with van der Waals surface area (Å²) in [7, 11) is 0. The Morgan fingerprint density at radius 3 is 2.39 bits per heavy atom. The van der Waals surface area contributed by atoms with E-state index in [1.807, 2.05) is 13.8 Å². The number of benzene rings is 1. The van der Waals surface area contributed by atoms with E-state index < -0.39 is 11.9 Å². The molecule has 0 spiro atoms. The summed E-state index contributed by atoms with van der Waals surface area (Å²) in [5.41, 5.74) is 1.66. The summed E-state index contributed by atoms with van der Waals surface area (Å²) in [4.78, 5) is 0. The van der Waals surface area contributed by atoms with E-state index in [1.165, 1.54) is 12.1 Å². The fourth-order valence-corrected chi connectivity index (χ4v) is 2.25. The zero-order chi connectivity index (χ0) is 13.4. The quantitative estimate of drug-likeness (QED) is 0.890. The molecule has 0 aliphatic carbocycles. The Bertz CT molecular complexity index is 590. The molecule has 0 bridgehead atoms. The number of hydrogen-bond donors (Lipinski definition) is 1. The first-order valence-corrected chi connectivity index (χ1v) is 5.99. The minimum atomic E-state index is -1.04. The van der Waals surface area contributed by atoms with Crippen molar-refractivity contribution in [2.75, 3.05) is 0 Å². The number of furan rings is 1. The van der Waals surface area contributed by atoms with Gasteiger partial charge in [-0.1, -0.05) is 17.7 Å². The van der Waals surface area contributed by atoms with Crippen molar-refractivity contribution in [3.05, 3.63) is 57.2 Å². The molecular weight excluding hydrogens is 255 g/mol. The number of rotatable bonds is 2. The third-order valence-corrected chi connectivity index (χ3v) is 3.38. The van der Waals surface area contributed by atoms with Crippen LogP contribution in [0.25, 0.3) is 0 Å². The van der Waals surface area contributed by atoms with Crippen LogP contribution < -0.4 is 0 Å². The van der Waals surface area contributed by atoms with Gasteiger partial charge in [-0.3, -0.25) is 0 Å². The number of aliphatic hydroxyl groups is 1. The molecule has 4 heteroatoms. The lowest BCUT2D eigenvalue weighted by molar-refractivity contribution is 0.212. The van der Waals surface area contributed by atoms with Gasteiger partial charge in [0.05, 0.1) is 0 Å². The Hall–Kier alpha value is -1.32. The van der Waals surface area contributed by atoms with Crippen LogP contribution in [-0.4, -0.2) is 5.11 Å². The van der Waals surface area contributed by atoms with Crippen LogP contribution in [0.4, 0.5) is 4.39 Å². The van der Waals surface area contributed by atoms with E-state index in [0.29, 0.717) is 16.3 Å². The van der Waals surface area contributed by atoms with Crippen LogP contribution in [0.3, 0.4) is 0 Å². The lowest BCUT2D eigenvalue weighted by atomic mass is 9.98. The lowest BCUT2D eigenvalue weighted by Crippen LogP contribution is -2.04. The Balaban J connectivity index is 2.51. The average Bonchev–Trinajstić information content (AvgIpc) is 2.52. The molecule has 1 heterocycles. The van der Waals surface area contributed by atoms with Crippen LogP contribution in [0, 0.1) is 26.6 Å². The standard InChI is InChI=1S/C14H14ClFO2/c1-7-8(2)18-9(3)13(7)14(17)11-5-4-10(15)6-12(11)16/h4-6,14,17H,1-3H3. The third-order valence-electron chi connectivity index (χ3n) is 3.15. The van der Waals surface area contributed by atoms with Gasteiger partial charge >= 0.3 is 0 Å². The monoisotopic (exact) mass is 268 g/mol. The lowest BCUT2D eigenvalue weighted by Gasteiger charge is -2.12. The van der Waals surface area contributed by atoms with Crippen LogP contribution in [0.5, 0.6) is 0 Å². The average molecular weight is 269 g/mol. The molecule has 1 atom stereocenters. The first-order chi connectivity index (χ1) is 8.41. The fraction of sp³-hybridized carbons (Fsp3) is 0.286. The maximum absolute atomic E-state index is 13.8. The number of hydrogen-bond acceptors (Lipinski definition) is 2. The number of aliphatic hydroxyl groups excluding tert-OH is 1. The van der Waals surface area contributed by atoms with Crippen LogP contribution in [0.2, 0.25) is 5.02 Å². The summed E-state index contributed by atoms with van der Waals surface area (Å²) in [5, 5.41) is 10.6. The van der Waals surface area contributed by atoms with Gasteiger partial charge in [0.2, 0.25) is 0 Å². The smallest absolute Gasteiger partial charge is 0.130 e. The molecule has 1 N–H and O–H groups in total. The van der Waals surface area contributed by atoms with Gasteiger partial charge in [0.1, 0.15) is 23.4 Å². The molecule has 0 aliphatic heterocycles. The van der Waals surface area contributed by atoms with Gasteiger partial charge < -0.3 is 9.52 Å². The van der Waals surface area contributed by atoms with Crippen LogP contribution in [0.15, 0.2) is 22.6 Å². The topological polar surface area (TPSA) is 33.4 Å². The third kappa shape index (κ3) is 2.16. The van der Waals surface area contributed by atoms with E-state index in [4.69, 9.17) is 16.0 Å². The van der Waals surface area contributed by atoms with Gasteiger partial charge in [-0.05, 0) is 38.5 Å². The zero-order valence-corrected chi connectivity index (χ0v) is 11.2. The van der Waals surface area contributed by atoms with Gasteiger partial charge in [0.15, 0.2) is 0 Å². The second-order valence-electron chi connectivity index (χ2n) is 4.32. The molecule has 0 aliphatic rings. The van der Waals surface area contributed by atoms with Crippen molar-refractivity contribution in [2.45, 2.75) is 26.9 Å². The highest BCUT2D eigenvalue weighted by molar-refractivity contribution is 6.30. The second kappa shape index (κ2) is 4.75. The molecule has 0 saturated carbocycles. The fourth-order valence-electron chi connectivity index (χ4n) is 2.09. The first kappa shape index (κ1) is 13.1. The van der Waals surface area contributed by atoms with E-state index in [2.05, 4.69) is 0 Å². The largest absolute Gasteiger partial charge is 0.466 e. The normalized spacial score (nSPS) is 12.8. The highest BCUT2D eigenvalue weighted by Crippen LogP contribution is 2.33. The zero-order valence-electron chi connectivity index (χ0n) is 10.4. The summed E-state index contributed by atoms with van der Waals surface area (Å²) in [6.07, 6.45) is -1.04. The molecule has 18 heavy (non-hydrogen) atoms. The van der Waals surface area contributed by atoms with Crippen molar-refractivity contribution in [1.29, 1.82) is 0 Å². The maximum Gasteiger partial charge on any atom is 0.130 e. The molecule has 2 nitrogen and oxygen atoms in total. The first-order valence-electron chi connectivity index (χ1n) is 5.61. The molecule has 1 aromatic carbocycles. The molecular formula is C14H14ClFO2. The van der Waals surface area contributed by atoms with Gasteiger partial charge in [0, 0.05) is 16.1 Å². The minimum absolute atomic E-state index is 0.200. The molecule has 0 saturated heterocycles. The molecule has 0 amide bonds. The Morgan fingerprint density at radius 2 is 1.89 bits per heavy atom. The molecule has 0 radical (unpaired) electrons. The van der Waals surface area contributed by atoms with Crippen LogP contribution in [0.1, 0.15) is 34.3 Å². The Morgan fingerprint density at radius 1 is 1.22 bits per heavy atom. The molecule has 1 aromatic heterocycles. The van der Waals surface area contributed by atoms with Crippen LogP contribution >= 0.6 is 11.6 Å². The second-order valence-corrected chi connectivity index (χ2v) is 4.76. The maximum atomic E-state index is 13.8. The van der Waals surface area contributed by atoms with Crippen molar-refractivity contribution >= 4 is 11.6 Å². The molecule has 0 fully saturated rings. The number of aryl methyl sites for hydroxylation is 2. The van der Waals surface area contributed by atoms with Gasteiger partial charge in [-0.2, -0.15) is 0 Å². The predicted molar refractivity (Wildman–Crippen MR) is 68.4 cm³/mol. The molecule has 2 aromatic rings. The van der Waals surface area contributed by atoms with Gasteiger partial charge in [0.25, 0.3) is 0 Å². The van der Waals surface area contributed by atoms with E-state index in [0.717, 1.165) is 11.3 Å². The van der Waals surface area contributed by atoms with Crippen molar-refractivity contribution in [2.24, 2.45) is 0 Å². The highest BCUT2D eigenvalue weighted by atomic mass is 35.5. The van der Waals surface area contributed by atoms with Crippen molar-refractivity contribution < 1.29 is 13.9 Å². The highest BCUT2D eigenvalue weighted by Gasteiger charge is 2.23.